The SMILES string of the molecule is Cc1ccc(Cn2nnc3c2CCN(c2cn[nH]c(=O)c2Cl)C3)c(CC(F)(F)F)c1. The van der Waals surface area contributed by atoms with Crippen molar-refractivity contribution in [3.05, 3.63) is 67.9 Å². The molecule has 0 radical (unpaired) electrons. The topological polar surface area (TPSA) is 79.7 Å². The summed E-state index contributed by atoms with van der Waals surface area (Å²) in [6.45, 7) is 2.91. The molecule has 0 atom stereocenters. The van der Waals surface area contributed by atoms with Crippen LogP contribution in [0.4, 0.5) is 18.9 Å². The molecule has 3 heterocycles. The standard InChI is InChI=1S/C19H18ClF3N6O/c1-11-2-3-12(13(6-11)7-19(21,22)23)9-29-15-4-5-28(10-14(15)25-27-29)16-8-24-26-18(30)17(16)20/h2-3,6,8H,4-5,7,9-10H2,1H3,(H,26,30). The molecule has 1 N–H and O–H groups in total. The predicted molar refractivity (Wildman–Crippen MR) is 105 cm³/mol. The molecule has 1 aliphatic heterocycles. The van der Waals surface area contributed by atoms with Crippen LogP contribution in [0.25, 0.3) is 0 Å². The summed E-state index contributed by atoms with van der Waals surface area (Å²) >= 11 is 6.09. The van der Waals surface area contributed by atoms with Crippen molar-refractivity contribution in [2.75, 3.05) is 11.4 Å². The number of aryl methyl sites for hydroxylation is 1. The Bertz CT molecular complexity index is 1140. The van der Waals surface area contributed by atoms with Crippen molar-refractivity contribution in [3.63, 3.8) is 0 Å². The third kappa shape index (κ3) is 4.18. The predicted octanol–water partition coefficient (Wildman–Crippen LogP) is 3.04. The Balaban J connectivity index is 1.59. The zero-order chi connectivity index (χ0) is 21.5. The Labute approximate surface area is 174 Å². The number of benzene rings is 1. The molecule has 1 aromatic carbocycles. The summed E-state index contributed by atoms with van der Waals surface area (Å²) in [5.41, 5.74) is 3.17. The molecule has 2 aromatic heterocycles. The molecule has 0 fully saturated rings. The van der Waals surface area contributed by atoms with Crippen molar-refractivity contribution in [2.24, 2.45) is 0 Å². The average molecular weight is 439 g/mol. The summed E-state index contributed by atoms with van der Waals surface area (Å²) in [5, 5.41) is 14.5. The Kier molecular flexibility index (Phi) is 5.27. The molecule has 0 unspecified atom stereocenters. The molecule has 0 spiro atoms. The minimum Gasteiger partial charge on any atom is -0.362 e. The number of nitrogens with one attached hydrogen (secondary N) is 1. The normalized spacial score (nSPS) is 14.1. The molecule has 3 aromatic rings. The number of hydrogen-bond donors (Lipinski definition) is 1. The van der Waals surface area contributed by atoms with Crippen LogP contribution in [0.2, 0.25) is 5.02 Å². The van der Waals surface area contributed by atoms with Crippen LogP contribution in [0.5, 0.6) is 0 Å². The monoisotopic (exact) mass is 438 g/mol. The van der Waals surface area contributed by atoms with Crippen LogP contribution >= 0.6 is 11.6 Å². The van der Waals surface area contributed by atoms with E-state index in [2.05, 4.69) is 20.5 Å². The zero-order valence-corrected chi connectivity index (χ0v) is 16.8. The van der Waals surface area contributed by atoms with Crippen molar-refractivity contribution < 1.29 is 13.2 Å². The molecular formula is C19H18ClF3N6O. The first-order valence-electron chi connectivity index (χ1n) is 9.26. The van der Waals surface area contributed by atoms with Crippen molar-refractivity contribution >= 4 is 17.3 Å². The summed E-state index contributed by atoms with van der Waals surface area (Å²) < 4.78 is 40.6. The maximum atomic E-state index is 13.0. The van der Waals surface area contributed by atoms with Gasteiger partial charge in [-0.2, -0.15) is 18.3 Å². The molecule has 0 aliphatic carbocycles. The third-order valence-corrected chi connectivity index (χ3v) is 5.43. The molecule has 30 heavy (non-hydrogen) atoms. The van der Waals surface area contributed by atoms with Crippen molar-refractivity contribution in [1.82, 2.24) is 25.2 Å². The Morgan fingerprint density at radius 1 is 1.27 bits per heavy atom. The number of anilines is 1. The summed E-state index contributed by atoms with van der Waals surface area (Å²) in [7, 11) is 0. The van der Waals surface area contributed by atoms with Gasteiger partial charge in [0.25, 0.3) is 5.56 Å². The van der Waals surface area contributed by atoms with Crippen LogP contribution in [0, 0.1) is 6.92 Å². The molecule has 0 saturated heterocycles. The number of fused-ring (bicyclic) bond motifs is 1. The number of H-pyrrole nitrogens is 1. The van der Waals surface area contributed by atoms with Crippen molar-refractivity contribution in [3.8, 4) is 0 Å². The minimum absolute atomic E-state index is 0.0530. The molecule has 0 amide bonds. The number of nitrogens with zero attached hydrogens (tertiary/aromatic N) is 5. The number of hydrogen-bond acceptors (Lipinski definition) is 5. The molecule has 158 valence electrons. The molecule has 0 bridgehead atoms. The summed E-state index contributed by atoms with van der Waals surface area (Å²) in [6, 6.07) is 5.07. The number of halogens is 4. The quantitative estimate of drug-likeness (QED) is 0.677. The minimum atomic E-state index is -4.29. The van der Waals surface area contributed by atoms with E-state index < -0.39 is 18.2 Å². The van der Waals surface area contributed by atoms with Crippen LogP contribution in [0.15, 0.2) is 29.2 Å². The molecule has 7 nitrogen and oxygen atoms in total. The van der Waals surface area contributed by atoms with Gasteiger partial charge >= 0.3 is 6.18 Å². The highest BCUT2D eigenvalue weighted by Crippen LogP contribution is 2.28. The maximum absolute atomic E-state index is 13.0. The van der Waals surface area contributed by atoms with Crippen LogP contribution < -0.4 is 10.5 Å². The summed E-state index contributed by atoms with van der Waals surface area (Å²) in [4.78, 5) is 13.6. The fraction of sp³-hybridized carbons (Fsp3) is 0.368. The van der Waals surface area contributed by atoms with Gasteiger partial charge < -0.3 is 4.90 Å². The average Bonchev–Trinajstić information content (AvgIpc) is 3.07. The lowest BCUT2D eigenvalue weighted by Gasteiger charge is -2.28. The van der Waals surface area contributed by atoms with E-state index in [9.17, 15) is 18.0 Å². The largest absolute Gasteiger partial charge is 0.393 e. The van der Waals surface area contributed by atoms with E-state index in [0.29, 0.717) is 36.5 Å². The fourth-order valence-electron chi connectivity index (χ4n) is 3.64. The van der Waals surface area contributed by atoms with Gasteiger partial charge in [0.1, 0.15) is 10.7 Å². The van der Waals surface area contributed by atoms with Gasteiger partial charge in [0.05, 0.1) is 37.1 Å². The second-order valence-electron chi connectivity index (χ2n) is 7.27. The lowest BCUT2D eigenvalue weighted by Crippen LogP contribution is -2.32. The first-order valence-corrected chi connectivity index (χ1v) is 9.63. The van der Waals surface area contributed by atoms with Crippen LogP contribution in [0.3, 0.4) is 0 Å². The Morgan fingerprint density at radius 2 is 2.07 bits per heavy atom. The molecule has 11 heteroatoms. The van der Waals surface area contributed by atoms with E-state index in [1.54, 1.807) is 29.8 Å². The van der Waals surface area contributed by atoms with Gasteiger partial charge in [0.15, 0.2) is 0 Å². The lowest BCUT2D eigenvalue weighted by atomic mass is 10.0. The third-order valence-electron chi connectivity index (χ3n) is 5.07. The Hall–Kier alpha value is -2.88. The molecule has 4 rings (SSSR count). The number of alkyl halides is 3. The Morgan fingerprint density at radius 3 is 2.83 bits per heavy atom. The number of rotatable bonds is 4. The lowest BCUT2D eigenvalue weighted by molar-refractivity contribution is -0.127. The van der Waals surface area contributed by atoms with Crippen LogP contribution in [0.1, 0.15) is 28.1 Å². The van der Waals surface area contributed by atoms with E-state index >= 15 is 0 Å². The number of aromatic nitrogens is 5. The highest BCUT2D eigenvalue weighted by molar-refractivity contribution is 6.32. The molecule has 0 saturated carbocycles. The second kappa shape index (κ2) is 7.75. The first-order chi connectivity index (χ1) is 14.2. The zero-order valence-electron chi connectivity index (χ0n) is 16.0. The van der Waals surface area contributed by atoms with Crippen LogP contribution in [-0.2, 0) is 25.9 Å². The summed E-state index contributed by atoms with van der Waals surface area (Å²) in [5.74, 6) is 0. The smallest absolute Gasteiger partial charge is 0.362 e. The number of aromatic amines is 1. The highest BCUT2D eigenvalue weighted by Gasteiger charge is 2.30. The molecule has 1 aliphatic rings. The second-order valence-corrected chi connectivity index (χ2v) is 7.65. The van der Waals surface area contributed by atoms with E-state index in [0.717, 1.165) is 11.3 Å². The van der Waals surface area contributed by atoms with E-state index in [-0.39, 0.29) is 17.1 Å². The van der Waals surface area contributed by atoms with Gasteiger partial charge in [0, 0.05) is 13.0 Å². The van der Waals surface area contributed by atoms with Crippen molar-refractivity contribution in [2.45, 2.75) is 39.0 Å². The van der Waals surface area contributed by atoms with Gasteiger partial charge in [0.2, 0.25) is 0 Å². The van der Waals surface area contributed by atoms with Crippen LogP contribution in [-0.4, -0.2) is 37.9 Å². The van der Waals surface area contributed by atoms with Gasteiger partial charge in [-0.3, -0.25) is 4.79 Å². The van der Waals surface area contributed by atoms with Gasteiger partial charge in [-0.15, -0.1) is 5.10 Å². The highest BCUT2D eigenvalue weighted by atomic mass is 35.5. The van der Waals surface area contributed by atoms with Gasteiger partial charge in [-0.1, -0.05) is 40.6 Å². The van der Waals surface area contributed by atoms with E-state index in [4.69, 9.17) is 11.6 Å². The first kappa shape index (κ1) is 20.4. The van der Waals surface area contributed by atoms with Gasteiger partial charge in [-0.25, -0.2) is 9.78 Å². The van der Waals surface area contributed by atoms with E-state index in [1.807, 2.05) is 4.90 Å². The van der Waals surface area contributed by atoms with Gasteiger partial charge in [-0.05, 0) is 18.1 Å². The van der Waals surface area contributed by atoms with Crippen molar-refractivity contribution in [1.29, 1.82) is 0 Å². The summed E-state index contributed by atoms with van der Waals surface area (Å²) in [6.07, 6.45) is -3.23. The molecular weight excluding hydrogens is 421 g/mol. The van der Waals surface area contributed by atoms with E-state index in [1.165, 1.54) is 6.20 Å². The maximum Gasteiger partial charge on any atom is 0.393 e. The fourth-order valence-corrected chi connectivity index (χ4v) is 3.85.